The Bertz CT molecular complexity index is 1410. The normalized spacial score (nSPS) is 15.5. The summed E-state index contributed by atoms with van der Waals surface area (Å²) in [6, 6.07) is 23.8. The van der Waals surface area contributed by atoms with Crippen molar-refractivity contribution in [3.05, 3.63) is 95.1 Å². The number of quaternary nitrogens is 1. The molecular weight excluding hydrogens is 596 g/mol. The molecule has 0 spiro atoms. The molecule has 1 unspecified atom stereocenters. The van der Waals surface area contributed by atoms with Crippen LogP contribution in [0.3, 0.4) is 0 Å². The third-order valence-electron chi connectivity index (χ3n) is 8.18. The van der Waals surface area contributed by atoms with E-state index in [0.717, 1.165) is 65.9 Å². The van der Waals surface area contributed by atoms with Crippen LogP contribution in [0.25, 0.3) is 0 Å². The Morgan fingerprint density at radius 1 is 0.936 bits per heavy atom. The molecule has 1 aliphatic rings. The molecule has 0 radical (unpaired) electrons. The molecule has 9 nitrogen and oxygen atoms in total. The van der Waals surface area contributed by atoms with Crippen molar-refractivity contribution < 1.29 is 33.6 Å². The number of aliphatic hydroxyl groups excluding tert-OH is 1. The maximum Gasteiger partial charge on any atom is 0.333 e. The molecule has 1 N–H and O–H groups in total. The van der Waals surface area contributed by atoms with Gasteiger partial charge in [-0.2, -0.15) is 0 Å². The van der Waals surface area contributed by atoms with Crippen LogP contribution in [0.15, 0.2) is 72.8 Å². The van der Waals surface area contributed by atoms with Gasteiger partial charge in [-0.15, -0.1) is 0 Å². The van der Waals surface area contributed by atoms with Gasteiger partial charge in [-0.1, -0.05) is 61.4 Å². The van der Waals surface area contributed by atoms with Crippen LogP contribution in [-0.4, -0.2) is 83.0 Å². The third kappa shape index (κ3) is 11.4. The summed E-state index contributed by atoms with van der Waals surface area (Å²) in [5.41, 5.74) is 4.75. The average Bonchev–Trinajstić information content (AvgIpc) is 3.04. The van der Waals surface area contributed by atoms with Crippen molar-refractivity contribution in [2.45, 2.75) is 64.1 Å². The number of benzene rings is 3. The Labute approximate surface area is 280 Å². The zero-order valence-electron chi connectivity index (χ0n) is 28.9. The average molecular weight is 650 g/mol. The molecule has 0 saturated carbocycles. The molecule has 3 aromatic carbocycles. The second-order valence-corrected chi connectivity index (χ2v) is 13.5. The standard InChI is InChI=1S/C38H53N2O7/c1-38(2)45-26-32-23-30(19-20-35(32)47-38)34(41)25-39(28-43-6)21-12-7-8-13-22-44-27-36(42)46-37(29-15-10-9-11-16-29)31-17-14-18-33(24-31)40(3,4)5/h9-11,14-20,23-24,34,37,41H,7-8,12-13,21-22,25-28H2,1-6H3/q+1/t34-,37?/m0/s1. The fourth-order valence-electron chi connectivity index (χ4n) is 5.58. The van der Waals surface area contributed by atoms with E-state index in [2.05, 4.69) is 38.2 Å². The summed E-state index contributed by atoms with van der Waals surface area (Å²) in [6.45, 7) is 6.35. The van der Waals surface area contributed by atoms with Crippen molar-refractivity contribution in [2.24, 2.45) is 0 Å². The van der Waals surface area contributed by atoms with Crippen LogP contribution in [0.1, 0.15) is 74.0 Å². The lowest BCUT2D eigenvalue weighted by Gasteiger charge is -2.33. The molecule has 9 heteroatoms. The number of fused-ring (bicyclic) bond motifs is 1. The Morgan fingerprint density at radius 3 is 2.43 bits per heavy atom. The lowest BCUT2D eigenvalue weighted by molar-refractivity contribution is -0.180. The van der Waals surface area contributed by atoms with Gasteiger partial charge in [0, 0.05) is 57.8 Å². The molecule has 47 heavy (non-hydrogen) atoms. The summed E-state index contributed by atoms with van der Waals surface area (Å²) in [6.07, 6.45) is 2.64. The van der Waals surface area contributed by atoms with E-state index in [9.17, 15) is 9.90 Å². The van der Waals surface area contributed by atoms with E-state index < -0.39 is 18.0 Å². The van der Waals surface area contributed by atoms with Crippen LogP contribution < -0.4 is 9.22 Å². The van der Waals surface area contributed by atoms with Crippen LogP contribution in [0.5, 0.6) is 5.75 Å². The monoisotopic (exact) mass is 649 g/mol. The van der Waals surface area contributed by atoms with E-state index in [1.165, 1.54) is 0 Å². The Kier molecular flexibility index (Phi) is 13.4. The van der Waals surface area contributed by atoms with Gasteiger partial charge in [0.15, 0.2) is 6.10 Å². The molecule has 1 heterocycles. The summed E-state index contributed by atoms with van der Waals surface area (Å²) < 4.78 is 29.4. The van der Waals surface area contributed by atoms with Crippen LogP contribution in [0.2, 0.25) is 0 Å². The zero-order chi connectivity index (χ0) is 33.9. The number of hydrogen-bond acceptors (Lipinski definition) is 8. The van der Waals surface area contributed by atoms with Crippen LogP contribution in [0.4, 0.5) is 5.69 Å². The summed E-state index contributed by atoms with van der Waals surface area (Å²) in [4.78, 5) is 15.0. The Hall–Kier alpha value is -3.31. The highest BCUT2D eigenvalue weighted by Gasteiger charge is 2.28. The number of esters is 1. The van der Waals surface area contributed by atoms with Gasteiger partial charge in [0.25, 0.3) is 0 Å². The molecular formula is C38H53N2O7+. The topological polar surface area (TPSA) is 86.7 Å². The van der Waals surface area contributed by atoms with Crippen molar-refractivity contribution in [1.82, 2.24) is 9.38 Å². The number of hydrogen-bond donors (Lipinski definition) is 1. The number of carbonyl (C=O) groups is 1. The van der Waals surface area contributed by atoms with Gasteiger partial charge >= 0.3 is 5.97 Å². The van der Waals surface area contributed by atoms with Crippen LogP contribution in [0, 0.1) is 0 Å². The highest BCUT2D eigenvalue weighted by atomic mass is 16.7. The van der Waals surface area contributed by atoms with E-state index in [1.807, 2.05) is 74.5 Å². The van der Waals surface area contributed by atoms with E-state index in [1.54, 1.807) is 7.11 Å². The number of aliphatic hydroxyl groups is 1. The summed E-state index contributed by atoms with van der Waals surface area (Å²) in [5, 5.41) is 11.0. The fourth-order valence-corrected chi connectivity index (χ4v) is 5.58. The first kappa shape index (κ1) is 36.5. The molecule has 0 saturated heterocycles. The van der Waals surface area contributed by atoms with Gasteiger partial charge in [0.1, 0.15) is 18.0 Å². The largest absolute Gasteiger partial charge is 0.463 e. The lowest BCUT2D eigenvalue weighted by Crippen LogP contribution is -2.35. The third-order valence-corrected chi connectivity index (χ3v) is 8.18. The molecule has 2 atom stereocenters. The minimum absolute atomic E-state index is 0.0867. The molecule has 0 fully saturated rings. The first-order chi connectivity index (χ1) is 22.4. The first-order valence-corrected chi connectivity index (χ1v) is 16.5. The number of rotatable bonds is 18. The molecule has 0 bridgehead atoms. The van der Waals surface area contributed by atoms with E-state index in [4.69, 9.17) is 23.7 Å². The van der Waals surface area contributed by atoms with Crippen molar-refractivity contribution >= 4 is 11.7 Å². The lowest BCUT2D eigenvalue weighted by atomic mass is 10.0. The van der Waals surface area contributed by atoms with Gasteiger partial charge in [-0.05, 0) is 42.2 Å². The quantitative estimate of drug-likeness (QED) is 0.0736. The molecule has 0 aromatic heterocycles. The molecule has 4 rings (SSSR count). The minimum Gasteiger partial charge on any atom is -0.463 e. The van der Waals surface area contributed by atoms with Gasteiger partial charge in [-0.25, -0.2) is 4.79 Å². The van der Waals surface area contributed by atoms with Crippen molar-refractivity contribution in [3.8, 4) is 5.75 Å². The molecule has 256 valence electrons. The zero-order valence-corrected chi connectivity index (χ0v) is 28.9. The fraction of sp³-hybridized carbons (Fsp3) is 0.500. The minimum atomic E-state index is -0.651. The Morgan fingerprint density at radius 2 is 1.68 bits per heavy atom. The van der Waals surface area contributed by atoms with Crippen LogP contribution >= 0.6 is 0 Å². The number of unbranched alkanes of at least 4 members (excludes halogenated alkanes) is 3. The first-order valence-electron chi connectivity index (χ1n) is 16.5. The van der Waals surface area contributed by atoms with Crippen molar-refractivity contribution in [3.63, 3.8) is 0 Å². The SMILES string of the molecule is COCN(CCCCCCOCC(=O)OC(c1ccccc1)c1cccc([N+](C)(C)C)c1)C[C@H](O)c1ccc2c(c1)COC(C)(C)O2. The van der Waals surface area contributed by atoms with Gasteiger partial charge in [0.2, 0.25) is 5.79 Å². The second kappa shape index (κ2) is 17.2. The van der Waals surface area contributed by atoms with E-state index in [0.29, 0.717) is 31.0 Å². The molecule has 3 aromatic rings. The van der Waals surface area contributed by atoms with Gasteiger partial charge in [-0.3, -0.25) is 9.38 Å². The van der Waals surface area contributed by atoms with E-state index in [-0.39, 0.29) is 12.6 Å². The highest BCUT2D eigenvalue weighted by Crippen LogP contribution is 2.33. The predicted molar refractivity (Wildman–Crippen MR) is 184 cm³/mol. The smallest absolute Gasteiger partial charge is 0.333 e. The summed E-state index contributed by atoms with van der Waals surface area (Å²) >= 11 is 0. The van der Waals surface area contributed by atoms with Gasteiger partial charge in [0.05, 0.1) is 40.6 Å². The Balaban J connectivity index is 1.16. The second-order valence-electron chi connectivity index (χ2n) is 13.5. The summed E-state index contributed by atoms with van der Waals surface area (Å²) in [7, 11) is 8.00. The van der Waals surface area contributed by atoms with E-state index >= 15 is 0 Å². The van der Waals surface area contributed by atoms with Crippen LogP contribution in [-0.2, 0) is 30.3 Å². The van der Waals surface area contributed by atoms with Crippen molar-refractivity contribution in [2.75, 3.05) is 61.3 Å². The maximum atomic E-state index is 12.8. The van der Waals surface area contributed by atoms with Crippen molar-refractivity contribution in [1.29, 1.82) is 0 Å². The molecule has 1 aliphatic heterocycles. The molecule has 0 amide bonds. The highest BCUT2D eigenvalue weighted by molar-refractivity contribution is 5.71. The number of ether oxygens (including phenoxy) is 5. The maximum absolute atomic E-state index is 12.8. The number of nitrogens with zero attached hydrogens (tertiary/aromatic N) is 2. The number of carbonyl (C=O) groups excluding carboxylic acids is 1. The molecule has 0 aliphatic carbocycles. The number of methoxy groups -OCH3 is 1. The predicted octanol–water partition coefficient (Wildman–Crippen LogP) is 6.38. The van der Waals surface area contributed by atoms with Gasteiger partial charge < -0.3 is 28.8 Å². The summed E-state index contributed by atoms with van der Waals surface area (Å²) in [5.74, 6) is -0.235.